The summed E-state index contributed by atoms with van der Waals surface area (Å²) >= 11 is 0. The maximum Gasteiger partial charge on any atom is 0.132 e. The van der Waals surface area contributed by atoms with Gasteiger partial charge in [-0.1, -0.05) is 12.1 Å². The molecule has 0 radical (unpaired) electrons. The van der Waals surface area contributed by atoms with Gasteiger partial charge in [-0.3, -0.25) is 10.00 Å². The summed E-state index contributed by atoms with van der Waals surface area (Å²) < 4.78 is 19.8. The highest BCUT2D eigenvalue weighted by Gasteiger charge is 2.28. The zero-order valence-corrected chi connectivity index (χ0v) is 14.6. The van der Waals surface area contributed by atoms with Gasteiger partial charge in [0.15, 0.2) is 0 Å². The molecule has 4 nitrogen and oxygen atoms in total. The van der Waals surface area contributed by atoms with E-state index < -0.39 is 0 Å². The van der Waals surface area contributed by atoms with Crippen molar-refractivity contribution in [3.8, 4) is 11.3 Å². The number of hydrogen-bond acceptors (Lipinski definition) is 3. The molecule has 0 spiro atoms. The van der Waals surface area contributed by atoms with Crippen molar-refractivity contribution in [2.24, 2.45) is 11.8 Å². The van der Waals surface area contributed by atoms with Gasteiger partial charge in [-0.25, -0.2) is 4.39 Å². The molecule has 2 aliphatic heterocycles. The predicted molar refractivity (Wildman–Crippen MR) is 95.5 cm³/mol. The molecular formula is C20H26FN3O. The standard InChI is InChI=1S/C20H26FN3O/c21-19-6-2-1-5-18(19)20-17(12-22-23-20)13-24-9-7-15(8-10-24)16-4-3-11-25-14-16/h1-2,5-6,12,15-16H,3-4,7-11,13-14H2,(H,22,23). The molecule has 1 unspecified atom stereocenters. The van der Waals surface area contributed by atoms with Crippen LogP contribution < -0.4 is 0 Å². The zero-order chi connectivity index (χ0) is 17.1. The zero-order valence-electron chi connectivity index (χ0n) is 14.6. The van der Waals surface area contributed by atoms with Crippen molar-refractivity contribution in [1.29, 1.82) is 0 Å². The number of likely N-dealkylation sites (tertiary alicyclic amines) is 1. The van der Waals surface area contributed by atoms with E-state index in [-0.39, 0.29) is 5.82 Å². The average molecular weight is 343 g/mol. The molecule has 2 aliphatic rings. The second-order valence-electron chi connectivity index (χ2n) is 7.34. The van der Waals surface area contributed by atoms with E-state index in [4.69, 9.17) is 4.74 Å². The Bertz CT molecular complexity index is 688. The van der Waals surface area contributed by atoms with Crippen molar-refractivity contribution in [3.05, 3.63) is 41.8 Å². The molecule has 0 amide bonds. The lowest BCUT2D eigenvalue weighted by molar-refractivity contribution is 0.0131. The number of H-pyrrole nitrogens is 1. The van der Waals surface area contributed by atoms with E-state index in [0.29, 0.717) is 5.56 Å². The molecule has 25 heavy (non-hydrogen) atoms. The molecule has 0 aliphatic carbocycles. The maximum atomic E-state index is 14.1. The number of benzene rings is 1. The highest BCUT2D eigenvalue weighted by molar-refractivity contribution is 5.63. The van der Waals surface area contributed by atoms with Crippen molar-refractivity contribution < 1.29 is 9.13 Å². The van der Waals surface area contributed by atoms with Gasteiger partial charge in [-0.2, -0.15) is 5.10 Å². The minimum absolute atomic E-state index is 0.205. The van der Waals surface area contributed by atoms with Crippen molar-refractivity contribution in [1.82, 2.24) is 15.1 Å². The number of ether oxygens (including phenoxy) is 1. The van der Waals surface area contributed by atoms with Crippen LogP contribution in [0.3, 0.4) is 0 Å². The highest BCUT2D eigenvalue weighted by Crippen LogP contribution is 2.32. The topological polar surface area (TPSA) is 41.2 Å². The number of aromatic nitrogens is 2. The Kier molecular flexibility index (Phi) is 5.13. The Morgan fingerprint density at radius 1 is 1.16 bits per heavy atom. The van der Waals surface area contributed by atoms with Crippen LogP contribution >= 0.6 is 0 Å². The maximum absolute atomic E-state index is 14.1. The molecule has 0 bridgehead atoms. The van der Waals surface area contributed by atoms with Gasteiger partial charge in [0.25, 0.3) is 0 Å². The molecule has 4 rings (SSSR count). The summed E-state index contributed by atoms with van der Waals surface area (Å²) in [6.45, 7) is 4.92. The summed E-state index contributed by atoms with van der Waals surface area (Å²) in [5.41, 5.74) is 2.48. The molecule has 134 valence electrons. The van der Waals surface area contributed by atoms with Gasteiger partial charge in [0.2, 0.25) is 0 Å². The van der Waals surface area contributed by atoms with Gasteiger partial charge < -0.3 is 4.74 Å². The number of hydrogen-bond donors (Lipinski definition) is 1. The van der Waals surface area contributed by atoms with Crippen LogP contribution in [0.15, 0.2) is 30.5 Å². The summed E-state index contributed by atoms with van der Waals surface area (Å²) in [6.07, 6.45) is 6.85. The van der Waals surface area contributed by atoms with Gasteiger partial charge in [-0.05, 0) is 62.7 Å². The molecule has 1 aromatic heterocycles. The minimum Gasteiger partial charge on any atom is -0.381 e. The molecule has 1 N–H and O–H groups in total. The monoisotopic (exact) mass is 343 g/mol. The van der Waals surface area contributed by atoms with Crippen molar-refractivity contribution >= 4 is 0 Å². The summed E-state index contributed by atoms with van der Waals surface area (Å²) in [7, 11) is 0. The first-order valence-corrected chi connectivity index (χ1v) is 9.38. The number of nitrogens with zero attached hydrogens (tertiary/aromatic N) is 2. The van der Waals surface area contributed by atoms with Crippen LogP contribution in [0, 0.1) is 17.7 Å². The van der Waals surface area contributed by atoms with E-state index in [9.17, 15) is 4.39 Å². The highest BCUT2D eigenvalue weighted by atomic mass is 19.1. The van der Waals surface area contributed by atoms with Crippen molar-refractivity contribution in [3.63, 3.8) is 0 Å². The van der Waals surface area contributed by atoms with Crippen LogP contribution in [0.25, 0.3) is 11.3 Å². The predicted octanol–water partition coefficient (Wildman–Crippen LogP) is 3.85. The molecule has 2 fully saturated rings. The average Bonchev–Trinajstić information content (AvgIpc) is 3.11. The Morgan fingerprint density at radius 3 is 2.76 bits per heavy atom. The molecule has 2 aromatic rings. The molecule has 3 heterocycles. The van der Waals surface area contributed by atoms with Gasteiger partial charge in [0.05, 0.1) is 11.9 Å². The summed E-state index contributed by atoms with van der Waals surface area (Å²) in [6, 6.07) is 6.88. The van der Waals surface area contributed by atoms with Crippen LogP contribution in [-0.2, 0) is 11.3 Å². The quantitative estimate of drug-likeness (QED) is 0.917. The Labute approximate surface area is 148 Å². The van der Waals surface area contributed by atoms with Crippen molar-refractivity contribution in [2.75, 3.05) is 26.3 Å². The molecule has 2 saturated heterocycles. The fraction of sp³-hybridized carbons (Fsp3) is 0.550. The molecule has 1 aromatic carbocycles. The molecule has 5 heteroatoms. The Hall–Kier alpha value is -1.72. The molecule has 0 saturated carbocycles. The number of rotatable bonds is 4. The first-order chi connectivity index (χ1) is 12.3. The Morgan fingerprint density at radius 2 is 2.00 bits per heavy atom. The lowest BCUT2D eigenvalue weighted by atomic mass is 9.81. The third-order valence-electron chi connectivity index (χ3n) is 5.75. The van der Waals surface area contributed by atoms with Crippen LogP contribution in [0.1, 0.15) is 31.2 Å². The van der Waals surface area contributed by atoms with Crippen LogP contribution in [0.2, 0.25) is 0 Å². The first kappa shape index (κ1) is 16.7. The number of aromatic amines is 1. The third kappa shape index (κ3) is 3.77. The largest absolute Gasteiger partial charge is 0.381 e. The van der Waals surface area contributed by atoms with Gasteiger partial charge in [0, 0.05) is 30.9 Å². The van der Waals surface area contributed by atoms with Crippen molar-refractivity contribution in [2.45, 2.75) is 32.2 Å². The van der Waals surface area contributed by atoms with Crippen LogP contribution in [0.4, 0.5) is 4.39 Å². The van der Waals surface area contributed by atoms with E-state index in [0.717, 1.165) is 55.9 Å². The van der Waals surface area contributed by atoms with E-state index >= 15 is 0 Å². The summed E-state index contributed by atoms with van der Waals surface area (Å²) in [4.78, 5) is 2.47. The fourth-order valence-corrected chi connectivity index (χ4v) is 4.29. The normalized spacial score (nSPS) is 23.0. The second kappa shape index (κ2) is 7.67. The minimum atomic E-state index is -0.205. The lowest BCUT2D eigenvalue weighted by Crippen LogP contribution is -2.37. The Balaban J connectivity index is 1.38. The van der Waals surface area contributed by atoms with E-state index in [2.05, 4.69) is 15.1 Å². The SMILES string of the molecule is Fc1ccccc1-c1[nH]ncc1CN1CCC(C2CCCOC2)CC1. The van der Waals surface area contributed by atoms with E-state index in [1.165, 1.54) is 31.7 Å². The molecule has 1 atom stereocenters. The second-order valence-corrected chi connectivity index (χ2v) is 7.34. The lowest BCUT2D eigenvalue weighted by Gasteiger charge is -2.37. The number of halogens is 1. The number of piperidine rings is 1. The molecular weight excluding hydrogens is 317 g/mol. The van der Waals surface area contributed by atoms with Gasteiger partial charge in [0.1, 0.15) is 5.82 Å². The van der Waals surface area contributed by atoms with E-state index in [1.807, 2.05) is 18.3 Å². The van der Waals surface area contributed by atoms with Gasteiger partial charge in [-0.15, -0.1) is 0 Å². The van der Waals surface area contributed by atoms with Crippen LogP contribution in [0.5, 0.6) is 0 Å². The summed E-state index contributed by atoms with van der Waals surface area (Å²) in [5, 5.41) is 7.14. The third-order valence-corrected chi connectivity index (χ3v) is 5.75. The van der Waals surface area contributed by atoms with Crippen LogP contribution in [-0.4, -0.2) is 41.4 Å². The fourth-order valence-electron chi connectivity index (χ4n) is 4.29. The number of nitrogens with one attached hydrogen (secondary N) is 1. The van der Waals surface area contributed by atoms with Gasteiger partial charge >= 0.3 is 0 Å². The smallest absolute Gasteiger partial charge is 0.132 e. The first-order valence-electron chi connectivity index (χ1n) is 9.38. The summed E-state index contributed by atoms with van der Waals surface area (Å²) in [5.74, 6) is 1.34. The van der Waals surface area contributed by atoms with E-state index in [1.54, 1.807) is 6.07 Å².